The maximum atomic E-state index is 12.6. The fourth-order valence-corrected chi connectivity index (χ4v) is 2.76. The van der Waals surface area contributed by atoms with E-state index in [2.05, 4.69) is 5.32 Å². The molecule has 0 aliphatic carbocycles. The van der Waals surface area contributed by atoms with Crippen LogP contribution in [0, 0.1) is 5.41 Å². The number of carboxylic acids is 1. The van der Waals surface area contributed by atoms with Crippen molar-refractivity contribution in [1.29, 1.82) is 0 Å². The van der Waals surface area contributed by atoms with Gasteiger partial charge in [0.15, 0.2) is 0 Å². The number of carbonyl (C=O) groups is 3. The van der Waals surface area contributed by atoms with E-state index in [0.29, 0.717) is 31.5 Å². The van der Waals surface area contributed by atoms with E-state index in [4.69, 9.17) is 0 Å². The molecule has 124 valence electrons. The summed E-state index contributed by atoms with van der Waals surface area (Å²) in [5.74, 6) is -1.12. The standard InChI is InChI=1S/C17H22N2O4/c1-12(20)18-10-13-4-6-14(7-5-13)15(21)19-9-3-8-17(2,11-19)16(22)23/h4-7H,3,8-11H2,1-2H3,(H,18,20)(H,22,23). The van der Waals surface area contributed by atoms with Crippen LogP contribution < -0.4 is 5.32 Å². The third kappa shape index (κ3) is 4.09. The van der Waals surface area contributed by atoms with Gasteiger partial charge in [0.1, 0.15) is 0 Å². The molecule has 0 saturated carbocycles. The van der Waals surface area contributed by atoms with Crippen LogP contribution in [0.5, 0.6) is 0 Å². The summed E-state index contributed by atoms with van der Waals surface area (Å²) in [6, 6.07) is 7.02. The van der Waals surface area contributed by atoms with Crippen LogP contribution in [0.3, 0.4) is 0 Å². The predicted octanol–water partition coefficient (Wildman–Crippen LogP) is 1.65. The summed E-state index contributed by atoms with van der Waals surface area (Å²) in [5, 5.41) is 12.0. The molecule has 1 saturated heterocycles. The van der Waals surface area contributed by atoms with Crippen LogP contribution in [0.15, 0.2) is 24.3 Å². The van der Waals surface area contributed by atoms with Gasteiger partial charge in [0.25, 0.3) is 5.91 Å². The highest BCUT2D eigenvalue weighted by atomic mass is 16.4. The largest absolute Gasteiger partial charge is 0.481 e. The van der Waals surface area contributed by atoms with Crippen molar-refractivity contribution in [3.63, 3.8) is 0 Å². The van der Waals surface area contributed by atoms with Crippen LogP contribution in [-0.2, 0) is 16.1 Å². The maximum absolute atomic E-state index is 12.6. The van der Waals surface area contributed by atoms with Crippen LogP contribution in [0.25, 0.3) is 0 Å². The number of hydrogen-bond acceptors (Lipinski definition) is 3. The van der Waals surface area contributed by atoms with Crippen LogP contribution in [0.1, 0.15) is 42.6 Å². The molecule has 1 atom stereocenters. The quantitative estimate of drug-likeness (QED) is 0.884. The molecule has 0 spiro atoms. The Labute approximate surface area is 135 Å². The smallest absolute Gasteiger partial charge is 0.311 e. The summed E-state index contributed by atoms with van der Waals surface area (Å²) in [6.07, 6.45) is 1.27. The summed E-state index contributed by atoms with van der Waals surface area (Å²) in [4.78, 5) is 36.4. The average molecular weight is 318 g/mol. The monoisotopic (exact) mass is 318 g/mol. The lowest BCUT2D eigenvalue weighted by atomic mass is 9.82. The third-order valence-corrected chi connectivity index (χ3v) is 4.24. The Morgan fingerprint density at radius 3 is 2.48 bits per heavy atom. The summed E-state index contributed by atoms with van der Waals surface area (Å²) in [7, 11) is 0. The van der Waals surface area contributed by atoms with Gasteiger partial charge in [0.05, 0.1) is 5.41 Å². The number of piperidine rings is 1. The van der Waals surface area contributed by atoms with Crippen molar-refractivity contribution in [1.82, 2.24) is 10.2 Å². The number of carboxylic acid groups (broad SMARTS) is 1. The molecule has 0 aromatic heterocycles. The molecule has 6 heteroatoms. The molecular weight excluding hydrogens is 296 g/mol. The minimum atomic E-state index is -0.876. The summed E-state index contributed by atoms with van der Waals surface area (Å²) >= 11 is 0. The zero-order valence-electron chi connectivity index (χ0n) is 13.5. The normalized spacial score (nSPS) is 20.9. The van der Waals surface area contributed by atoms with Crippen molar-refractivity contribution in [2.75, 3.05) is 13.1 Å². The lowest BCUT2D eigenvalue weighted by Crippen LogP contribution is -2.48. The Kier molecular flexibility index (Phi) is 5.03. The van der Waals surface area contributed by atoms with Gasteiger partial charge in [-0.1, -0.05) is 12.1 Å². The first kappa shape index (κ1) is 17.0. The third-order valence-electron chi connectivity index (χ3n) is 4.24. The van der Waals surface area contributed by atoms with E-state index < -0.39 is 11.4 Å². The molecule has 2 N–H and O–H groups in total. The highest BCUT2D eigenvalue weighted by Gasteiger charge is 2.39. The fourth-order valence-electron chi connectivity index (χ4n) is 2.76. The van der Waals surface area contributed by atoms with Gasteiger partial charge in [-0.05, 0) is 37.5 Å². The number of aliphatic carboxylic acids is 1. The number of benzene rings is 1. The van der Waals surface area contributed by atoms with Gasteiger partial charge in [-0.15, -0.1) is 0 Å². The van der Waals surface area contributed by atoms with Crippen molar-refractivity contribution in [2.24, 2.45) is 5.41 Å². The van der Waals surface area contributed by atoms with E-state index in [1.54, 1.807) is 36.1 Å². The van der Waals surface area contributed by atoms with Crippen molar-refractivity contribution < 1.29 is 19.5 Å². The molecule has 1 aromatic carbocycles. The molecular formula is C17H22N2O4. The molecule has 23 heavy (non-hydrogen) atoms. The molecule has 0 radical (unpaired) electrons. The maximum Gasteiger partial charge on any atom is 0.311 e. The number of hydrogen-bond donors (Lipinski definition) is 2. The molecule has 6 nitrogen and oxygen atoms in total. The predicted molar refractivity (Wildman–Crippen MR) is 84.8 cm³/mol. The summed E-state index contributed by atoms with van der Waals surface area (Å²) in [5.41, 5.74) is 0.566. The molecule has 1 unspecified atom stereocenters. The molecule has 1 heterocycles. The molecule has 1 aromatic rings. The SMILES string of the molecule is CC(=O)NCc1ccc(C(=O)N2CCCC(C)(C(=O)O)C2)cc1. The van der Waals surface area contributed by atoms with Crippen molar-refractivity contribution in [3.8, 4) is 0 Å². The van der Waals surface area contributed by atoms with E-state index in [0.717, 1.165) is 5.56 Å². The van der Waals surface area contributed by atoms with E-state index in [9.17, 15) is 19.5 Å². The minimum Gasteiger partial charge on any atom is -0.481 e. The van der Waals surface area contributed by atoms with Gasteiger partial charge in [0, 0.05) is 32.1 Å². The van der Waals surface area contributed by atoms with Gasteiger partial charge in [-0.2, -0.15) is 0 Å². The van der Waals surface area contributed by atoms with Crippen LogP contribution in [0.4, 0.5) is 0 Å². The van der Waals surface area contributed by atoms with E-state index in [-0.39, 0.29) is 18.4 Å². The zero-order chi connectivity index (χ0) is 17.0. The van der Waals surface area contributed by atoms with Crippen LogP contribution in [0.2, 0.25) is 0 Å². The van der Waals surface area contributed by atoms with Gasteiger partial charge >= 0.3 is 5.97 Å². The average Bonchev–Trinajstić information content (AvgIpc) is 2.52. The molecule has 0 bridgehead atoms. The zero-order valence-corrected chi connectivity index (χ0v) is 13.5. The van der Waals surface area contributed by atoms with E-state index >= 15 is 0 Å². The summed E-state index contributed by atoms with van der Waals surface area (Å²) < 4.78 is 0. The lowest BCUT2D eigenvalue weighted by molar-refractivity contribution is -0.150. The highest BCUT2D eigenvalue weighted by Crippen LogP contribution is 2.30. The van der Waals surface area contributed by atoms with Gasteiger partial charge < -0.3 is 15.3 Å². The lowest BCUT2D eigenvalue weighted by Gasteiger charge is -2.37. The first-order chi connectivity index (χ1) is 10.8. The molecule has 2 amide bonds. The Hall–Kier alpha value is -2.37. The number of nitrogens with zero attached hydrogens (tertiary/aromatic N) is 1. The topological polar surface area (TPSA) is 86.7 Å². The Balaban J connectivity index is 2.05. The van der Waals surface area contributed by atoms with Gasteiger partial charge in [0.2, 0.25) is 5.91 Å². The number of rotatable bonds is 4. The van der Waals surface area contributed by atoms with E-state index in [1.165, 1.54) is 6.92 Å². The molecule has 2 rings (SSSR count). The highest BCUT2D eigenvalue weighted by molar-refractivity contribution is 5.94. The Morgan fingerprint density at radius 2 is 1.91 bits per heavy atom. The van der Waals surface area contributed by atoms with Gasteiger partial charge in [-0.3, -0.25) is 14.4 Å². The second-order valence-corrected chi connectivity index (χ2v) is 6.30. The molecule has 1 fully saturated rings. The fraction of sp³-hybridized carbons (Fsp3) is 0.471. The van der Waals surface area contributed by atoms with Gasteiger partial charge in [-0.25, -0.2) is 0 Å². The van der Waals surface area contributed by atoms with Crippen molar-refractivity contribution >= 4 is 17.8 Å². The Bertz CT molecular complexity index is 612. The van der Waals surface area contributed by atoms with Crippen molar-refractivity contribution in [2.45, 2.75) is 33.2 Å². The number of amides is 2. The second kappa shape index (κ2) is 6.81. The summed E-state index contributed by atoms with van der Waals surface area (Å²) in [6.45, 7) is 4.37. The number of nitrogens with one attached hydrogen (secondary N) is 1. The van der Waals surface area contributed by atoms with Crippen molar-refractivity contribution in [3.05, 3.63) is 35.4 Å². The molecule has 1 aliphatic heterocycles. The second-order valence-electron chi connectivity index (χ2n) is 6.30. The molecule has 1 aliphatic rings. The number of carbonyl (C=O) groups excluding carboxylic acids is 2. The Morgan fingerprint density at radius 1 is 1.26 bits per heavy atom. The van der Waals surface area contributed by atoms with Crippen LogP contribution in [-0.4, -0.2) is 40.9 Å². The number of likely N-dealkylation sites (tertiary alicyclic amines) is 1. The minimum absolute atomic E-state index is 0.105. The van der Waals surface area contributed by atoms with Crippen LogP contribution >= 0.6 is 0 Å². The van der Waals surface area contributed by atoms with E-state index in [1.807, 2.05) is 0 Å². The first-order valence-corrected chi connectivity index (χ1v) is 7.68. The first-order valence-electron chi connectivity index (χ1n) is 7.68.